The molecule has 0 amide bonds. The Hall–Kier alpha value is -3.16. The summed E-state index contributed by atoms with van der Waals surface area (Å²) in [7, 11) is 0. The van der Waals surface area contributed by atoms with E-state index in [4.69, 9.17) is 19.6 Å². The van der Waals surface area contributed by atoms with Crippen LogP contribution in [0.15, 0.2) is 33.7 Å². The zero-order valence-electron chi connectivity index (χ0n) is 13.7. The average Bonchev–Trinajstić information content (AvgIpc) is 3.08. The number of guanidine groups is 1. The van der Waals surface area contributed by atoms with Crippen LogP contribution in [-0.2, 0) is 0 Å². The maximum atomic E-state index is 5.94. The standard InChI is InChI=1S/C17H17N5O3/c1-9-3-4-12(25-9)15-20-16(18)21-17-19-10-7-13-14(8-11(10)22(15)17)24-6-2-5-23-13/h3-4,7-8,15H,2,5-6H2,1H3,(H3,18,19,20,21)/t15-/m0/s1. The second kappa shape index (κ2) is 5.17. The van der Waals surface area contributed by atoms with Crippen molar-refractivity contribution >= 4 is 22.9 Å². The van der Waals surface area contributed by atoms with E-state index in [0.717, 1.165) is 23.2 Å². The molecule has 0 radical (unpaired) electrons. The van der Waals surface area contributed by atoms with Gasteiger partial charge in [0.2, 0.25) is 5.95 Å². The van der Waals surface area contributed by atoms with Gasteiger partial charge in [0, 0.05) is 18.6 Å². The highest BCUT2D eigenvalue weighted by Gasteiger charge is 2.28. The molecule has 0 saturated heterocycles. The average molecular weight is 339 g/mol. The van der Waals surface area contributed by atoms with Gasteiger partial charge < -0.3 is 19.6 Å². The lowest BCUT2D eigenvalue weighted by Gasteiger charge is -2.22. The Morgan fingerprint density at radius 2 is 2.00 bits per heavy atom. The summed E-state index contributed by atoms with van der Waals surface area (Å²) in [5, 5.41) is 3.02. The number of fused-ring (bicyclic) bond motifs is 4. The Labute approximate surface area is 143 Å². The molecule has 2 aliphatic rings. The van der Waals surface area contributed by atoms with E-state index in [1.54, 1.807) is 0 Å². The van der Waals surface area contributed by atoms with Crippen LogP contribution in [0, 0.1) is 6.92 Å². The van der Waals surface area contributed by atoms with E-state index in [9.17, 15) is 0 Å². The van der Waals surface area contributed by atoms with Gasteiger partial charge in [0.25, 0.3) is 0 Å². The van der Waals surface area contributed by atoms with E-state index in [1.165, 1.54) is 0 Å². The number of furan rings is 1. The van der Waals surface area contributed by atoms with Crippen molar-refractivity contribution in [2.24, 2.45) is 10.7 Å². The van der Waals surface area contributed by atoms with Gasteiger partial charge in [-0.15, -0.1) is 0 Å². The quantitative estimate of drug-likeness (QED) is 0.706. The van der Waals surface area contributed by atoms with Crippen molar-refractivity contribution in [2.75, 3.05) is 18.5 Å². The molecule has 0 fully saturated rings. The summed E-state index contributed by atoms with van der Waals surface area (Å²) in [5.41, 5.74) is 7.60. The number of hydrogen-bond acceptors (Lipinski definition) is 7. The molecule has 3 aromatic rings. The van der Waals surface area contributed by atoms with Crippen LogP contribution in [0.3, 0.4) is 0 Å². The number of nitrogens with zero attached hydrogens (tertiary/aromatic N) is 3. The molecular formula is C17H17N5O3. The van der Waals surface area contributed by atoms with Gasteiger partial charge in [-0.1, -0.05) is 0 Å². The number of imidazole rings is 1. The van der Waals surface area contributed by atoms with Crippen molar-refractivity contribution in [3.05, 3.63) is 35.8 Å². The second-order valence-electron chi connectivity index (χ2n) is 6.10. The summed E-state index contributed by atoms with van der Waals surface area (Å²) in [6.07, 6.45) is 0.438. The van der Waals surface area contributed by atoms with Gasteiger partial charge in [-0.2, -0.15) is 0 Å². The van der Waals surface area contributed by atoms with Crippen LogP contribution >= 0.6 is 0 Å². The molecule has 2 aliphatic heterocycles. The Kier molecular flexibility index (Phi) is 2.94. The minimum Gasteiger partial charge on any atom is -0.489 e. The topological polar surface area (TPSA) is 99.8 Å². The van der Waals surface area contributed by atoms with Gasteiger partial charge in [0.05, 0.1) is 24.2 Å². The molecule has 8 nitrogen and oxygen atoms in total. The molecule has 0 aliphatic carbocycles. The summed E-state index contributed by atoms with van der Waals surface area (Å²) in [6.45, 7) is 3.16. The van der Waals surface area contributed by atoms with Crippen molar-refractivity contribution in [3.63, 3.8) is 0 Å². The molecule has 0 saturated carbocycles. The number of aliphatic imine (C=N–C) groups is 1. The molecule has 4 heterocycles. The first-order chi connectivity index (χ1) is 12.2. The van der Waals surface area contributed by atoms with Gasteiger partial charge in [-0.3, -0.25) is 9.88 Å². The highest BCUT2D eigenvalue weighted by atomic mass is 16.5. The number of ether oxygens (including phenoxy) is 2. The van der Waals surface area contributed by atoms with E-state index in [-0.39, 0.29) is 0 Å². The SMILES string of the molecule is Cc1ccc([C@H]2N=C(N)Nc3nc4cc5c(cc4n32)OCCCO5)o1. The largest absolute Gasteiger partial charge is 0.489 e. The Balaban J connectivity index is 1.72. The highest BCUT2D eigenvalue weighted by Crippen LogP contribution is 2.39. The molecular weight excluding hydrogens is 322 g/mol. The van der Waals surface area contributed by atoms with Crippen molar-refractivity contribution in [1.29, 1.82) is 0 Å². The molecule has 2 aromatic heterocycles. The molecule has 1 atom stereocenters. The van der Waals surface area contributed by atoms with Gasteiger partial charge in [-0.05, 0) is 19.1 Å². The molecule has 128 valence electrons. The summed E-state index contributed by atoms with van der Waals surface area (Å²) in [6, 6.07) is 7.64. The van der Waals surface area contributed by atoms with E-state index in [0.29, 0.717) is 42.4 Å². The smallest absolute Gasteiger partial charge is 0.212 e. The Bertz CT molecular complexity index is 1000. The van der Waals surface area contributed by atoms with Crippen LogP contribution in [0.2, 0.25) is 0 Å². The number of nitrogens with two attached hydrogens (primary N) is 1. The lowest BCUT2D eigenvalue weighted by molar-refractivity contribution is 0.297. The number of anilines is 1. The summed E-state index contributed by atoms with van der Waals surface area (Å²) < 4.78 is 19.3. The van der Waals surface area contributed by atoms with E-state index in [2.05, 4.69) is 15.3 Å². The van der Waals surface area contributed by atoms with Gasteiger partial charge in [-0.25, -0.2) is 9.98 Å². The number of nitrogens with one attached hydrogen (secondary N) is 1. The molecule has 3 N–H and O–H groups in total. The number of benzene rings is 1. The maximum absolute atomic E-state index is 5.94. The maximum Gasteiger partial charge on any atom is 0.212 e. The van der Waals surface area contributed by atoms with Gasteiger partial charge in [0.1, 0.15) is 11.5 Å². The van der Waals surface area contributed by atoms with Crippen LogP contribution in [0.1, 0.15) is 24.1 Å². The van der Waals surface area contributed by atoms with E-state index >= 15 is 0 Å². The summed E-state index contributed by atoms with van der Waals surface area (Å²) in [4.78, 5) is 9.14. The predicted octanol–water partition coefficient (Wildman–Crippen LogP) is 2.39. The number of rotatable bonds is 1. The minimum atomic E-state index is -0.417. The Morgan fingerprint density at radius 3 is 2.76 bits per heavy atom. The normalized spacial score (nSPS) is 19.1. The van der Waals surface area contributed by atoms with Crippen molar-refractivity contribution in [2.45, 2.75) is 19.5 Å². The minimum absolute atomic E-state index is 0.302. The monoisotopic (exact) mass is 339 g/mol. The van der Waals surface area contributed by atoms with Gasteiger partial charge in [0.15, 0.2) is 23.6 Å². The third-order valence-electron chi connectivity index (χ3n) is 4.32. The number of aromatic nitrogens is 2. The lowest BCUT2D eigenvalue weighted by Crippen LogP contribution is -2.31. The molecule has 8 heteroatoms. The Morgan fingerprint density at radius 1 is 1.20 bits per heavy atom. The number of hydrogen-bond donors (Lipinski definition) is 2. The molecule has 0 bridgehead atoms. The van der Waals surface area contributed by atoms with Crippen LogP contribution in [-0.4, -0.2) is 28.7 Å². The zero-order chi connectivity index (χ0) is 17.0. The van der Waals surface area contributed by atoms with Crippen LogP contribution in [0.5, 0.6) is 11.5 Å². The van der Waals surface area contributed by atoms with Crippen LogP contribution in [0.4, 0.5) is 5.95 Å². The van der Waals surface area contributed by atoms with Crippen molar-refractivity contribution < 1.29 is 13.9 Å². The summed E-state index contributed by atoms with van der Waals surface area (Å²) in [5.74, 6) is 3.86. The molecule has 5 rings (SSSR count). The van der Waals surface area contributed by atoms with E-state index in [1.807, 2.05) is 35.8 Å². The lowest BCUT2D eigenvalue weighted by atomic mass is 10.2. The van der Waals surface area contributed by atoms with Crippen LogP contribution in [0.25, 0.3) is 11.0 Å². The molecule has 0 spiro atoms. The fourth-order valence-electron chi connectivity index (χ4n) is 3.21. The first-order valence-electron chi connectivity index (χ1n) is 8.17. The third kappa shape index (κ3) is 2.21. The fourth-order valence-corrected chi connectivity index (χ4v) is 3.21. The first kappa shape index (κ1) is 14.2. The first-order valence-corrected chi connectivity index (χ1v) is 8.17. The molecule has 25 heavy (non-hydrogen) atoms. The third-order valence-corrected chi connectivity index (χ3v) is 4.32. The summed E-state index contributed by atoms with van der Waals surface area (Å²) >= 11 is 0. The highest BCUT2D eigenvalue weighted by molar-refractivity contribution is 5.95. The van der Waals surface area contributed by atoms with Crippen molar-refractivity contribution in [3.8, 4) is 11.5 Å². The molecule has 0 unspecified atom stereocenters. The molecule has 1 aromatic carbocycles. The fraction of sp³-hybridized carbons (Fsp3) is 0.294. The second-order valence-corrected chi connectivity index (χ2v) is 6.10. The zero-order valence-corrected chi connectivity index (χ0v) is 13.7. The van der Waals surface area contributed by atoms with Crippen LogP contribution < -0.4 is 20.5 Å². The predicted molar refractivity (Wildman–Crippen MR) is 92.2 cm³/mol. The van der Waals surface area contributed by atoms with Crippen molar-refractivity contribution in [1.82, 2.24) is 9.55 Å². The van der Waals surface area contributed by atoms with E-state index < -0.39 is 6.17 Å². The van der Waals surface area contributed by atoms with Gasteiger partial charge >= 0.3 is 0 Å². The number of aryl methyl sites for hydroxylation is 1.